The zero-order chi connectivity index (χ0) is 15.5. The number of sulfone groups is 1. The average molecular weight is 324 g/mol. The second kappa shape index (κ2) is 6.66. The molecular formula is C11H20N2O5S2. The van der Waals surface area contributed by atoms with Crippen LogP contribution in [0.5, 0.6) is 0 Å². The van der Waals surface area contributed by atoms with Crippen LogP contribution in [0.4, 0.5) is 4.79 Å². The Morgan fingerprint density at radius 2 is 2.00 bits per heavy atom. The number of aliphatic carboxylic acids is 1. The molecule has 0 bridgehead atoms. The number of carboxylic acids is 1. The van der Waals surface area contributed by atoms with Crippen molar-refractivity contribution in [2.75, 3.05) is 24.3 Å². The molecule has 0 aliphatic carbocycles. The van der Waals surface area contributed by atoms with Crippen LogP contribution in [0.15, 0.2) is 0 Å². The molecule has 1 aliphatic rings. The number of carbonyl (C=O) groups is 2. The molecule has 0 saturated carbocycles. The van der Waals surface area contributed by atoms with Crippen molar-refractivity contribution in [3.05, 3.63) is 0 Å². The fraction of sp³-hybridized carbons (Fsp3) is 0.818. The molecule has 0 spiro atoms. The van der Waals surface area contributed by atoms with Gasteiger partial charge in [-0.1, -0.05) is 13.8 Å². The van der Waals surface area contributed by atoms with Crippen molar-refractivity contribution in [1.82, 2.24) is 10.2 Å². The van der Waals surface area contributed by atoms with Gasteiger partial charge in [0, 0.05) is 24.3 Å². The fourth-order valence-electron chi connectivity index (χ4n) is 1.90. The van der Waals surface area contributed by atoms with Crippen LogP contribution in [0.25, 0.3) is 0 Å². The number of thioether (sulfide) groups is 1. The van der Waals surface area contributed by atoms with Gasteiger partial charge in [-0.3, -0.25) is 0 Å². The van der Waals surface area contributed by atoms with Gasteiger partial charge in [-0.2, -0.15) is 11.8 Å². The van der Waals surface area contributed by atoms with Crippen molar-refractivity contribution in [3.8, 4) is 0 Å². The van der Waals surface area contributed by atoms with Crippen molar-refractivity contribution in [2.24, 2.45) is 5.92 Å². The van der Waals surface area contributed by atoms with Crippen molar-refractivity contribution >= 4 is 33.6 Å². The molecule has 2 amide bonds. The lowest BCUT2D eigenvalue weighted by Gasteiger charge is -2.35. The van der Waals surface area contributed by atoms with E-state index < -0.39 is 33.3 Å². The summed E-state index contributed by atoms with van der Waals surface area (Å²) in [5, 5.41) is 10.6. The lowest BCUT2D eigenvalue weighted by molar-refractivity contribution is -0.140. The SMILES string of the molecule is CC(C)[C@@H](NC(=O)N1CCSCC1S(C)(=O)=O)C(=O)O. The van der Waals surface area contributed by atoms with E-state index in [1.165, 1.54) is 16.7 Å². The highest BCUT2D eigenvalue weighted by molar-refractivity contribution is 8.00. The molecule has 1 rings (SSSR count). The molecule has 1 unspecified atom stereocenters. The number of carbonyl (C=O) groups excluding carboxylic acids is 1. The minimum absolute atomic E-state index is 0.285. The van der Waals surface area contributed by atoms with Gasteiger partial charge >= 0.3 is 12.0 Å². The molecule has 0 aromatic heterocycles. The summed E-state index contributed by atoms with van der Waals surface area (Å²) in [6.07, 6.45) is 1.08. The number of hydrogen-bond donors (Lipinski definition) is 2. The van der Waals surface area contributed by atoms with E-state index in [9.17, 15) is 18.0 Å². The number of carboxylic acid groups (broad SMARTS) is 1. The number of amides is 2. The molecule has 1 saturated heterocycles. The van der Waals surface area contributed by atoms with Crippen LogP contribution in [0, 0.1) is 5.92 Å². The minimum atomic E-state index is -3.40. The number of nitrogens with one attached hydrogen (secondary N) is 1. The number of urea groups is 1. The van der Waals surface area contributed by atoms with Gasteiger partial charge < -0.3 is 15.3 Å². The zero-order valence-corrected chi connectivity index (χ0v) is 13.3. The van der Waals surface area contributed by atoms with Crippen LogP contribution in [0.3, 0.4) is 0 Å². The van der Waals surface area contributed by atoms with E-state index in [0.29, 0.717) is 18.1 Å². The summed E-state index contributed by atoms with van der Waals surface area (Å²) >= 11 is 1.47. The molecule has 0 aromatic carbocycles. The monoisotopic (exact) mass is 324 g/mol. The summed E-state index contributed by atoms with van der Waals surface area (Å²) in [5.41, 5.74) is 0. The third kappa shape index (κ3) is 4.27. The Hall–Kier alpha value is -0.960. The van der Waals surface area contributed by atoms with Crippen molar-refractivity contribution in [2.45, 2.75) is 25.3 Å². The summed E-state index contributed by atoms with van der Waals surface area (Å²) in [7, 11) is -3.40. The van der Waals surface area contributed by atoms with E-state index >= 15 is 0 Å². The molecule has 20 heavy (non-hydrogen) atoms. The van der Waals surface area contributed by atoms with E-state index in [1.54, 1.807) is 13.8 Å². The molecule has 2 N–H and O–H groups in total. The normalized spacial score (nSPS) is 21.6. The van der Waals surface area contributed by atoms with Gasteiger partial charge in [0.15, 0.2) is 9.84 Å². The van der Waals surface area contributed by atoms with Gasteiger partial charge in [-0.25, -0.2) is 18.0 Å². The van der Waals surface area contributed by atoms with E-state index in [1.807, 2.05) is 0 Å². The number of hydrogen-bond acceptors (Lipinski definition) is 5. The highest BCUT2D eigenvalue weighted by atomic mass is 32.2. The number of rotatable bonds is 4. The van der Waals surface area contributed by atoms with E-state index in [2.05, 4.69) is 5.32 Å². The van der Waals surface area contributed by atoms with Crippen molar-refractivity contribution < 1.29 is 23.1 Å². The van der Waals surface area contributed by atoms with Crippen LogP contribution < -0.4 is 5.32 Å². The summed E-state index contributed by atoms with van der Waals surface area (Å²) in [6.45, 7) is 3.65. The van der Waals surface area contributed by atoms with Gasteiger partial charge in [0.25, 0.3) is 0 Å². The topological polar surface area (TPSA) is 104 Å². The van der Waals surface area contributed by atoms with Crippen LogP contribution in [-0.4, -0.2) is 66.1 Å². The quantitative estimate of drug-likeness (QED) is 0.767. The minimum Gasteiger partial charge on any atom is -0.480 e. The Kier molecular flexibility index (Phi) is 5.69. The van der Waals surface area contributed by atoms with Crippen molar-refractivity contribution in [1.29, 1.82) is 0 Å². The number of nitrogens with zero attached hydrogens (tertiary/aromatic N) is 1. The predicted molar refractivity (Wildman–Crippen MR) is 77.5 cm³/mol. The Balaban J connectivity index is 2.86. The second-order valence-electron chi connectivity index (χ2n) is 5.06. The highest BCUT2D eigenvalue weighted by Gasteiger charge is 2.36. The predicted octanol–water partition coefficient (Wildman–Crippen LogP) is 0.225. The molecule has 9 heteroatoms. The van der Waals surface area contributed by atoms with Gasteiger partial charge in [0.2, 0.25) is 0 Å². The van der Waals surface area contributed by atoms with Crippen LogP contribution in [-0.2, 0) is 14.6 Å². The Morgan fingerprint density at radius 3 is 2.45 bits per heavy atom. The third-order valence-corrected chi connectivity index (χ3v) is 5.69. The first kappa shape index (κ1) is 17.1. The first-order valence-electron chi connectivity index (χ1n) is 6.21. The Labute approximate surface area is 123 Å². The molecule has 2 atom stereocenters. The van der Waals surface area contributed by atoms with Gasteiger partial charge in [-0.05, 0) is 5.92 Å². The molecular weight excluding hydrogens is 304 g/mol. The summed E-state index contributed by atoms with van der Waals surface area (Å²) < 4.78 is 23.4. The van der Waals surface area contributed by atoms with E-state index in [0.717, 1.165) is 6.26 Å². The molecule has 0 radical (unpaired) electrons. The second-order valence-corrected chi connectivity index (χ2v) is 8.41. The molecule has 1 fully saturated rings. The van der Waals surface area contributed by atoms with Crippen LogP contribution in [0.1, 0.15) is 13.8 Å². The standard InChI is InChI=1S/C11H20N2O5S2/c1-7(2)9(10(14)15)12-11(16)13-4-5-19-6-8(13)20(3,17)18/h7-9H,4-6H2,1-3H3,(H,12,16)(H,14,15)/t8?,9-/m1/s1. The lowest BCUT2D eigenvalue weighted by Crippen LogP contribution is -2.57. The van der Waals surface area contributed by atoms with Gasteiger partial charge in [0.1, 0.15) is 11.4 Å². The lowest BCUT2D eigenvalue weighted by atomic mass is 10.1. The maximum Gasteiger partial charge on any atom is 0.326 e. The maximum atomic E-state index is 12.2. The molecule has 7 nitrogen and oxygen atoms in total. The molecule has 1 aliphatic heterocycles. The average Bonchev–Trinajstić information content (AvgIpc) is 2.33. The summed E-state index contributed by atoms with van der Waals surface area (Å²) in [5.74, 6) is -0.465. The molecule has 1 heterocycles. The first-order chi connectivity index (χ1) is 9.14. The van der Waals surface area contributed by atoms with Crippen LogP contribution >= 0.6 is 11.8 Å². The third-order valence-electron chi connectivity index (χ3n) is 3.05. The maximum absolute atomic E-state index is 12.2. The van der Waals surface area contributed by atoms with Crippen molar-refractivity contribution in [3.63, 3.8) is 0 Å². The Bertz CT molecular complexity index is 477. The Morgan fingerprint density at radius 1 is 1.40 bits per heavy atom. The van der Waals surface area contributed by atoms with E-state index in [4.69, 9.17) is 5.11 Å². The van der Waals surface area contributed by atoms with Gasteiger partial charge in [-0.15, -0.1) is 0 Å². The summed E-state index contributed by atoms with van der Waals surface area (Å²) in [6, 6.07) is -1.67. The molecule has 116 valence electrons. The van der Waals surface area contributed by atoms with E-state index in [-0.39, 0.29) is 5.92 Å². The van der Waals surface area contributed by atoms with Gasteiger partial charge in [0.05, 0.1) is 0 Å². The van der Waals surface area contributed by atoms with Crippen LogP contribution in [0.2, 0.25) is 0 Å². The first-order valence-corrected chi connectivity index (χ1v) is 9.32. The zero-order valence-electron chi connectivity index (χ0n) is 11.7. The fourth-order valence-corrected chi connectivity index (χ4v) is 4.71. The largest absolute Gasteiger partial charge is 0.480 e. The highest BCUT2D eigenvalue weighted by Crippen LogP contribution is 2.20. The summed E-state index contributed by atoms with van der Waals surface area (Å²) in [4.78, 5) is 24.4. The molecule has 0 aromatic rings. The smallest absolute Gasteiger partial charge is 0.326 e.